The molecule has 0 aromatic heterocycles. The van der Waals surface area contributed by atoms with Crippen LogP contribution in [0.25, 0.3) is 0 Å². The number of hydrogen-bond donors (Lipinski definition) is 0. The maximum Gasteiger partial charge on any atom is 0.0224 e. The summed E-state index contributed by atoms with van der Waals surface area (Å²) in [5.41, 5.74) is 8.59. The van der Waals surface area contributed by atoms with E-state index < -0.39 is 0 Å². The van der Waals surface area contributed by atoms with Gasteiger partial charge < -0.3 is 0 Å². The van der Waals surface area contributed by atoms with Crippen LogP contribution in [0.15, 0.2) is 45.6 Å². The van der Waals surface area contributed by atoms with Gasteiger partial charge in [-0.2, -0.15) is 0 Å². The molecule has 2 radical (unpaired) electrons. The van der Waals surface area contributed by atoms with Crippen molar-refractivity contribution in [1.29, 1.82) is 0 Å². The Morgan fingerprint density at radius 2 is 0.789 bits per heavy atom. The predicted octanol–water partition coefficient (Wildman–Crippen LogP) is 5.75. The Hall–Kier alpha value is -0.546. The second-order valence-electron chi connectivity index (χ2n) is 5.52. The third-order valence-electron chi connectivity index (χ3n) is 4.36. The van der Waals surface area contributed by atoms with Gasteiger partial charge in [-0.1, -0.05) is 59.4 Å². The smallest absolute Gasteiger partial charge is 0.0224 e. The fraction of sp³-hybridized carbons (Fsp3) is 0.444. The van der Waals surface area contributed by atoms with Crippen molar-refractivity contribution in [2.45, 2.75) is 55.4 Å². The van der Waals surface area contributed by atoms with E-state index in [2.05, 4.69) is 67.5 Å². The molecule has 0 unspecified atom stereocenters. The first-order chi connectivity index (χ1) is 8.25. The van der Waals surface area contributed by atoms with Gasteiger partial charge in [-0.05, 0) is 41.5 Å². The summed E-state index contributed by atoms with van der Waals surface area (Å²) in [6.07, 6.45) is 4.48. The van der Waals surface area contributed by atoms with Crippen LogP contribution < -0.4 is 0 Å². The van der Waals surface area contributed by atoms with Crippen molar-refractivity contribution >= 4 is 0 Å². The molecule has 0 nitrogen and oxygen atoms in total. The number of rotatable bonds is 0. The fourth-order valence-electron chi connectivity index (χ4n) is 2.27. The molecule has 0 amide bonds. The molecule has 0 aromatic carbocycles. The zero-order valence-electron chi connectivity index (χ0n) is 13.5. The van der Waals surface area contributed by atoms with Gasteiger partial charge >= 0.3 is 0 Å². The summed E-state index contributed by atoms with van der Waals surface area (Å²) < 4.78 is 0. The van der Waals surface area contributed by atoms with Crippen LogP contribution in [-0.4, -0.2) is 0 Å². The molecule has 2 aliphatic carbocycles. The van der Waals surface area contributed by atoms with E-state index in [1.54, 1.807) is 0 Å². The molecule has 0 fully saturated rings. The first-order valence-corrected chi connectivity index (χ1v) is 6.65. The van der Waals surface area contributed by atoms with Crippen LogP contribution in [-0.2, 0) is 16.5 Å². The fourth-order valence-corrected chi connectivity index (χ4v) is 2.27. The van der Waals surface area contributed by atoms with E-state index in [-0.39, 0.29) is 16.5 Å². The van der Waals surface area contributed by atoms with Crippen LogP contribution in [0, 0.1) is 11.8 Å². The number of allylic oxidation sites excluding steroid dienone is 8. The van der Waals surface area contributed by atoms with E-state index in [1.807, 2.05) is 0 Å². The minimum atomic E-state index is 0. The minimum Gasteiger partial charge on any atom is -0.0619 e. The molecule has 2 aliphatic rings. The van der Waals surface area contributed by atoms with E-state index in [1.165, 1.54) is 45.3 Å². The molecule has 0 atom stereocenters. The van der Waals surface area contributed by atoms with Gasteiger partial charge in [0.05, 0.1) is 0 Å². The summed E-state index contributed by atoms with van der Waals surface area (Å²) in [5, 5.41) is 0. The van der Waals surface area contributed by atoms with Crippen LogP contribution in [0.2, 0.25) is 0 Å². The van der Waals surface area contributed by atoms with Crippen molar-refractivity contribution in [1.82, 2.24) is 0 Å². The van der Waals surface area contributed by atoms with Gasteiger partial charge in [0.15, 0.2) is 0 Å². The quantitative estimate of drug-likeness (QED) is 0.500. The monoisotopic (exact) mass is 300 g/mol. The zero-order chi connectivity index (χ0) is 14.0. The maximum absolute atomic E-state index is 2.24. The second-order valence-corrected chi connectivity index (χ2v) is 5.52. The van der Waals surface area contributed by atoms with Crippen molar-refractivity contribution in [2.75, 3.05) is 0 Å². The van der Waals surface area contributed by atoms with Crippen LogP contribution in [0.4, 0.5) is 0 Å². The van der Waals surface area contributed by atoms with Gasteiger partial charge in [0.2, 0.25) is 0 Å². The third-order valence-corrected chi connectivity index (χ3v) is 4.36. The topological polar surface area (TPSA) is 0 Å². The largest absolute Gasteiger partial charge is 0.0619 e. The van der Waals surface area contributed by atoms with Crippen LogP contribution in [0.1, 0.15) is 55.4 Å². The van der Waals surface area contributed by atoms with Crippen LogP contribution >= 0.6 is 0 Å². The van der Waals surface area contributed by atoms with Gasteiger partial charge in [0, 0.05) is 28.3 Å². The van der Waals surface area contributed by atoms with Crippen molar-refractivity contribution in [3.8, 4) is 0 Å². The second kappa shape index (κ2) is 7.29. The molecule has 0 heterocycles. The predicted molar refractivity (Wildman–Crippen MR) is 82.1 cm³/mol. The molecule has 2 rings (SSSR count). The summed E-state index contributed by atoms with van der Waals surface area (Å²) >= 11 is 0. The van der Waals surface area contributed by atoms with Crippen molar-refractivity contribution in [3.63, 3.8) is 0 Å². The van der Waals surface area contributed by atoms with E-state index in [0.29, 0.717) is 0 Å². The van der Waals surface area contributed by atoms with Gasteiger partial charge in [-0.3, -0.25) is 0 Å². The minimum absolute atomic E-state index is 0. The summed E-state index contributed by atoms with van der Waals surface area (Å²) in [6, 6.07) is 0. The Balaban J connectivity index is 0.000000324. The third kappa shape index (κ3) is 4.21. The van der Waals surface area contributed by atoms with Crippen LogP contribution in [0.5, 0.6) is 0 Å². The molecule has 0 saturated heterocycles. The number of hydrogen-bond acceptors (Lipinski definition) is 0. The summed E-state index contributed by atoms with van der Waals surface area (Å²) in [4.78, 5) is 0. The summed E-state index contributed by atoms with van der Waals surface area (Å²) in [7, 11) is 0. The molecule has 0 spiro atoms. The summed E-state index contributed by atoms with van der Waals surface area (Å²) in [5.74, 6) is 2.90. The first kappa shape index (κ1) is 18.5. The average Bonchev–Trinajstić information content (AvgIpc) is 2.66. The molecule has 0 aliphatic heterocycles. The van der Waals surface area contributed by atoms with Crippen molar-refractivity contribution < 1.29 is 16.5 Å². The first-order valence-electron chi connectivity index (χ1n) is 6.65. The molecule has 19 heavy (non-hydrogen) atoms. The Bertz CT molecular complexity index is 414. The zero-order valence-corrected chi connectivity index (χ0v) is 14.5. The van der Waals surface area contributed by atoms with Gasteiger partial charge in [-0.15, -0.1) is 0 Å². The molecule has 1 heteroatoms. The SMILES string of the molecule is C[C]1C(C)=CC(C)=C1C.C[C]1C(C)=CC(C)=C1C.[Ni]. The molecule has 108 valence electrons. The Morgan fingerprint density at radius 1 is 0.526 bits per heavy atom. The normalized spacial score (nSPS) is 20.0. The van der Waals surface area contributed by atoms with Crippen molar-refractivity contribution in [2.24, 2.45) is 0 Å². The molecule has 0 bridgehead atoms. The van der Waals surface area contributed by atoms with Gasteiger partial charge in [0.25, 0.3) is 0 Å². The van der Waals surface area contributed by atoms with E-state index in [0.717, 1.165) is 0 Å². The van der Waals surface area contributed by atoms with E-state index in [4.69, 9.17) is 0 Å². The summed E-state index contributed by atoms with van der Waals surface area (Å²) in [6.45, 7) is 17.4. The molecular formula is C18H26Ni. The van der Waals surface area contributed by atoms with E-state index in [9.17, 15) is 0 Å². The van der Waals surface area contributed by atoms with Crippen molar-refractivity contribution in [3.05, 3.63) is 57.4 Å². The Labute approximate surface area is 129 Å². The maximum atomic E-state index is 2.24. The molecule has 0 aromatic rings. The average molecular weight is 301 g/mol. The molecular weight excluding hydrogens is 275 g/mol. The van der Waals surface area contributed by atoms with Gasteiger partial charge in [0.1, 0.15) is 0 Å². The molecule has 0 saturated carbocycles. The van der Waals surface area contributed by atoms with Crippen LogP contribution in [0.3, 0.4) is 0 Å². The standard InChI is InChI=1S/2C9H13.Ni/c2*1-6-5-7(2)9(4)8(6)3;/h2*5H,1-4H3;. The Kier molecular flexibility index (Phi) is 7.08. The Morgan fingerprint density at radius 3 is 0.842 bits per heavy atom. The van der Waals surface area contributed by atoms with E-state index >= 15 is 0 Å². The van der Waals surface area contributed by atoms with Gasteiger partial charge in [-0.25, -0.2) is 0 Å². The molecule has 0 N–H and O–H groups in total.